The predicted octanol–water partition coefficient (Wildman–Crippen LogP) is 4.80. The fraction of sp³-hybridized carbons (Fsp3) is 0.316. The standard InChI is InChI=1S/C19H19Cl2FN2O/c1-11(13-4-9-16(20)17(21)10-13)23-18(19(25)24-15-7-8-15)12-2-5-14(22)6-3-12/h2-6,9-11,15,18,23H,7-8H2,1H3,(H,24,25)/t11-,18-/m1/s1. The van der Waals surface area contributed by atoms with E-state index in [1.807, 2.05) is 13.0 Å². The predicted molar refractivity (Wildman–Crippen MR) is 98.3 cm³/mol. The largest absolute Gasteiger partial charge is 0.352 e. The normalized spacial score (nSPS) is 16.3. The highest BCUT2D eigenvalue weighted by molar-refractivity contribution is 6.42. The van der Waals surface area contributed by atoms with Crippen molar-refractivity contribution in [3.63, 3.8) is 0 Å². The van der Waals surface area contributed by atoms with Gasteiger partial charge in [0.05, 0.1) is 10.0 Å². The van der Waals surface area contributed by atoms with Crippen LogP contribution in [0.1, 0.15) is 43.0 Å². The van der Waals surface area contributed by atoms with Gasteiger partial charge in [-0.1, -0.05) is 41.4 Å². The Balaban J connectivity index is 1.81. The topological polar surface area (TPSA) is 41.1 Å². The smallest absolute Gasteiger partial charge is 0.241 e. The average molecular weight is 381 g/mol. The Morgan fingerprint density at radius 1 is 1.08 bits per heavy atom. The maximum Gasteiger partial charge on any atom is 0.241 e. The van der Waals surface area contributed by atoms with Gasteiger partial charge in [-0.2, -0.15) is 0 Å². The molecule has 1 aliphatic carbocycles. The number of carbonyl (C=O) groups excluding carboxylic acids is 1. The number of carbonyl (C=O) groups is 1. The summed E-state index contributed by atoms with van der Waals surface area (Å²) in [4.78, 5) is 12.7. The first-order valence-corrected chi connectivity index (χ1v) is 8.96. The molecule has 0 aliphatic heterocycles. The fourth-order valence-electron chi connectivity index (χ4n) is 2.62. The molecule has 2 N–H and O–H groups in total. The van der Waals surface area contributed by atoms with Gasteiger partial charge in [0.15, 0.2) is 0 Å². The van der Waals surface area contributed by atoms with Gasteiger partial charge in [0.25, 0.3) is 0 Å². The Hall–Kier alpha value is -1.62. The Labute approximate surface area is 156 Å². The van der Waals surface area contributed by atoms with Crippen LogP contribution >= 0.6 is 23.2 Å². The monoisotopic (exact) mass is 380 g/mol. The minimum absolute atomic E-state index is 0.110. The Morgan fingerprint density at radius 2 is 1.72 bits per heavy atom. The van der Waals surface area contributed by atoms with E-state index < -0.39 is 6.04 Å². The first-order chi connectivity index (χ1) is 11.9. The third-order valence-electron chi connectivity index (χ3n) is 4.25. The summed E-state index contributed by atoms with van der Waals surface area (Å²) in [6, 6.07) is 10.9. The van der Waals surface area contributed by atoms with Crippen molar-refractivity contribution in [3.05, 3.63) is 69.5 Å². The van der Waals surface area contributed by atoms with Crippen molar-refractivity contribution in [2.45, 2.75) is 37.9 Å². The molecule has 0 radical (unpaired) electrons. The highest BCUT2D eigenvalue weighted by atomic mass is 35.5. The van der Waals surface area contributed by atoms with Gasteiger partial charge in [0.1, 0.15) is 11.9 Å². The summed E-state index contributed by atoms with van der Waals surface area (Å²) < 4.78 is 13.2. The lowest BCUT2D eigenvalue weighted by Crippen LogP contribution is -2.39. The van der Waals surface area contributed by atoms with Crippen molar-refractivity contribution in [3.8, 4) is 0 Å². The SMILES string of the molecule is C[C@@H](N[C@@H](C(=O)NC1CC1)c1ccc(F)cc1)c1ccc(Cl)c(Cl)c1. The summed E-state index contributed by atoms with van der Waals surface area (Å²) in [5.41, 5.74) is 1.63. The Bertz CT molecular complexity index is 763. The molecule has 0 spiro atoms. The molecule has 0 aromatic heterocycles. The maximum absolute atomic E-state index is 13.2. The molecule has 2 aromatic carbocycles. The van der Waals surface area contributed by atoms with E-state index in [4.69, 9.17) is 23.2 Å². The highest BCUT2D eigenvalue weighted by Gasteiger charge is 2.29. The summed E-state index contributed by atoms with van der Waals surface area (Å²) in [5.74, 6) is -0.441. The van der Waals surface area contributed by atoms with Crippen molar-refractivity contribution < 1.29 is 9.18 Å². The van der Waals surface area contributed by atoms with E-state index in [9.17, 15) is 9.18 Å². The zero-order valence-corrected chi connectivity index (χ0v) is 15.2. The van der Waals surface area contributed by atoms with Crippen molar-refractivity contribution >= 4 is 29.1 Å². The molecule has 0 bridgehead atoms. The third kappa shape index (κ3) is 4.72. The van der Waals surface area contributed by atoms with Crippen molar-refractivity contribution in [1.82, 2.24) is 10.6 Å². The van der Waals surface area contributed by atoms with Gasteiger partial charge in [-0.15, -0.1) is 0 Å². The molecule has 6 heteroatoms. The second kappa shape index (κ2) is 7.73. The van der Waals surface area contributed by atoms with Crippen LogP contribution in [0.5, 0.6) is 0 Å². The summed E-state index contributed by atoms with van der Waals surface area (Å²) in [5, 5.41) is 7.27. The van der Waals surface area contributed by atoms with Crippen LogP contribution in [0, 0.1) is 5.82 Å². The minimum Gasteiger partial charge on any atom is -0.352 e. The number of hydrogen-bond donors (Lipinski definition) is 2. The van der Waals surface area contributed by atoms with E-state index >= 15 is 0 Å². The number of nitrogens with one attached hydrogen (secondary N) is 2. The van der Waals surface area contributed by atoms with Crippen molar-refractivity contribution in [2.75, 3.05) is 0 Å². The van der Waals surface area contributed by atoms with Crippen LogP contribution in [0.2, 0.25) is 10.0 Å². The lowest BCUT2D eigenvalue weighted by molar-refractivity contribution is -0.123. The molecule has 2 aromatic rings. The van der Waals surface area contributed by atoms with E-state index in [2.05, 4.69) is 10.6 Å². The number of halogens is 3. The minimum atomic E-state index is -0.578. The molecule has 132 valence electrons. The van der Waals surface area contributed by atoms with Gasteiger partial charge in [0, 0.05) is 12.1 Å². The van der Waals surface area contributed by atoms with Gasteiger partial charge >= 0.3 is 0 Å². The zero-order valence-electron chi connectivity index (χ0n) is 13.7. The van der Waals surface area contributed by atoms with Gasteiger partial charge in [-0.05, 0) is 55.2 Å². The van der Waals surface area contributed by atoms with Gasteiger partial charge in [-0.3, -0.25) is 10.1 Å². The molecule has 3 rings (SSSR count). The van der Waals surface area contributed by atoms with Crippen molar-refractivity contribution in [2.24, 2.45) is 0 Å². The first-order valence-electron chi connectivity index (χ1n) is 8.21. The lowest BCUT2D eigenvalue weighted by Gasteiger charge is -2.24. The van der Waals surface area contributed by atoms with E-state index in [-0.39, 0.29) is 23.8 Å². The van der Waals surface area contributed by atoms with Crippen LogP contribution in [0.15, 0.2) is 42.5 Å². The van der Waals surface area contributed by atoms with Crippen LogP contribution < -0.4 is 10.6 Å². The highest BCUT2D eigenvalue weighted by Crippen LogP contribution is 2.28. The average Bonchev–Trinajstić information content (AvgIpc) is 3.39. The Kier molecular flexibility index (Phi) is 5.62. The zero-order chi connectivity index (χ0) is 18.0. The van der Waals surface area contributed by atoms with Gasteiger partial charge < -0.3 is 5.32 Å². The molecule has 0 heterocycles. The van der Waals surface area contributed by atoms with Crippen LogP contribution in [0.3, 0.4) is 0 Å². The number of hydrogen-bond acceptors (Lipinski definition) is 2. The Morgan fingerprint density at radius 3 is 2.32 bits per heavy atom. The van der Waals surface area contributed by atoms with E-state index in [1.54, 1.807) is 24.3 Å². The summed E-state index contributed by atoms with van der Waals surface area (Å²) in [6.45, 7) is 1.94. The van der Waals surface area contributed by atoms with Crippen LogP contribution in [-0.2, 0) is 4.79 Å². The van der Waals surface area contributed by atoms with E-state index in [1.165, 1.54) is 12.1 Å². The second-order valence-electron chi connectivity index (χ2n) is 6.33. The fourth-order valence-corrected chi connectivity index (χ4v) is 2.93. The molecule has 1 aliphatic rings. The summed E-state index contributed by atoms with van der Waals surface area (Å²) in [7, 11) is 0. The molecule has 25 heavy (non-hydrogen) atoms. The maximum atomic E-state index is 13.2. The van der Waals surface area contributed by atoms with E-state index in [0.717, 1.165) is 18.4 Å². The van der Waals surface area contributed by atoms with Gasteiger partial charge in [0.2, 0.25) is 5.91 Å². The molecular weight excluding hydrogens is 362 g/mol. The van der Waals surface area contributed by atoms with E-state index in [0.29, 0.717) is 15.6 Å². The number of amides is 1. The van der Waals surface area contributed by atoms with Crippen LogP contribution in [0.25, 0.3) is 0 Å². The second-order valence-corrected chi connectivity index (χ2v) is 7.14. The van der Waals surface area contributed by atoms with Crippen molar-refractivity contribution in [1.29, 1.82) is 0 Å². The summed E-state index contributed by atoms with van der Waals surface area (Å²) in [6.07, 6.45) is 2.01. The van der Waals surface area contributed by atoms with Crippen LogP contribution in [0.4, 0.5) is 4.39 Å². The quantitative estimate of drug-likeness (QED) is 0.755. The summed E-state index contributed by atoms with van der Waals surface area (Å²) >= 11 is 12.1. The van der Waals surface area contributed by atoms with Gasteiger partial charge in [-0.25, -0.2) is 4.39 Å². The molecule has 1 saturated carbocycles. The lowest BCUT2D eigenvalue weighted by atomic mass is 10.0. The molecule has 1 fully saturated rings. The molecule has 1 amide bonds. The third-order valence-corrected chi connectivity index (χ3v) is 4.99. The molecule has 0 saturated heterocycles. The molecule has 0 unspecified atom stereocenters. The molecule has 2 atom stereocenters. The molecule has 3 nitrogen and oxygen atoms in total. The first kappa shape index (κ1) is 18.2. The number of rotatable bonds is 6. The molecular formula is C19H19Cl2FN2O. The van der Waals surface area contributed by atoms with Crippen LogP contribution in [-0.4, -0.2) is 11.9 Å². The number of benzene rings is 2.